The van der Waals surface area contributed by atoms with Gasteiger partial charge in [-0.25, -0.2) is 19.6 Å². The summed E-state index contributed by atoms with van der Waals surface area (Å²) in [4.78, 5) is 30.7. The second kappa shape index (κ2) is 10.4. The van der Waals surface area contributed by atoms with Gasteiger partial charge in [0.15, 0.2) is 6.23 Å². The number of anilines is 1. The monoisotopic (exact) mass is 506 g/mol. The maximum absolute atomic E-state index is 12.7. The van der Waals surface area contributed by atoms with Gasteiger partial charge in [-0.1, -0.05) is 30.3 Å². The number of hydrogen-bond acceptors (Lipinski definition) is 9. The molecule has 14 heteroatoms. The molecule has 0 saturated carbocycles. The van der Waals surface area contributed by atoms with Crippen molar-refractivity contribution in [2.45, 2.75) is 37.0 Å². The van der Waals surface area contributed by atoms with Crippen LogP contribution in [0.1, 0.15) is 11.8 Å². The predicted molar refractivity (Wildman–Crippen MR) is 125 cm³/mol. The van der Waals surface area contributed by atoms with Gasteiger partial charge >= 0.3 is 7.75 Å². The van der Waals surface area contributed by atoms with Gasteiger partial charge < -0.3 is 35.5 Å². The van der Waals surface area contributed by atoms with Crippen molar-refractivity contribution in [1.29, 1.82) is 0 Å². The SMILES string of the molecule is CNC(=O)C(Cc1ccccc1)NP(=O)(O)OCC1OC(n2ccc3c(N)ncnc32)C(O)C1O. The number of nitrogens with zero attached hydrogens (tertiary/aromatic N) is 3. The topological polar surface area (TPSA) is 194 Å². The second-order valence-electron chi connectivity index (χ2n) is 8.07. The minimum absolute atomic E-state index is 0.142. The number of carbonyl (C=O) groups excluding carboxylic acids is 1. The molecule has 1 aromatic carbocycles. The van der Waals surface area contributed by atoms with Crippen LogP contribution in [0, 0.1) is 0 Å². The smallest absolute Gasteiger partial charge is 0.387 e. The summed E-state index contributed by atoms with van der Waals surface area (Å²) in [5.41, 5.74) is 7.00. The van der Waals surface area contributed by atoms with E-state index in [2.05, 4.69) is 20.4 Å². The van der Waals surface area contributed by atoms with E-state index in [-0.39, 0.29) is 12.2 Å². The van der Waals surface area contributed by atoms with Gasteiger partial charge in [-0.05, 0) is 18.1 Å². The molecule has 0 spiro atoms. The van der Waals surface area contributed by atoms with Crippen LogP contribution < -0.4 is 16.1 Å². The van der Waals surface area contributed by atoms with E-state index in [0.717, 1.165) is 5.56 Å². The summed E-state index contributed by atoms with van der Waals surface area (Å²) < 4.78 is 25.1. The van der Waals surface area contributed by atoms with Crippen LogP contribution >= 0.6 is 7.75 Å². The maximum Gasteiger partial charge on any atom is 0.403 e. The van der Waals surface area contributed by atoms with Crippen molar-refractivity contribution in [3.63, 3.8) is 0 Å². The van der Waals surface area contributed by atoms with E-state index in [9.17, 15) is 24.5 Å². The van der Waals surface area contributed by atoms with Gasteiger partial charge in [-0.2, -0.15) is 0 Å². The molecule has 0 aliphatic carbocycles. The molecule has 1 aliphatic heterocycles. The summed E-state index contributed by atoms with van der Waals surface area (Å²) in [6, 6.07) is 9.57. The number of aliphatic hydroxyl groups excluding tert-OH is 2. The standard InChI is InChI=1S/C21H27N6O7P/c1-23-20(30)14(9-12-5-3-2-4-6-12)26-35(31,32)33-10-15-16(28)17(29)21(34-15)27-8-7-13-18(22)24-11-25-19(13)27/h2-8,11,14-17,21,28-29H,9-10H2,1H3,(H,23,30)(H2,22,24,25)(H2,26,31,32). The van der Waals surface area contributed by atoms with Gasteiger partial charge in [0.25, 0.3) is 0 Å². The summed E-state index contributed by atoms with van der Waals surface area (Å²) in [5.74, 6) is -0.254. The molecule has 0 bridgehead atoms. The van der Waals surface area contributed by atoms with Crippen LogP contribution in [0.5, 0.6) is 0 Å². The van der Waals surface area contributed by atoms with Crippen molar-refractivity contribution in [3.05, 3.63) is 54.5 Å². The van der Waals surface area contributed by atoms with Gasteiger partial charge in [0.05, 0.1) is 12.0 Å². The summed E-state index contributed by atoms with van der Waals surface area (Å²) in [6.45, 7) is -0.530. The highest BCUT2D eigenvalue weighted by molar-refractivity contribution is 7.50. The molecule has 3 heterocycles. The van der Waals surface area contributed by atoms with E-state index in [1.165, 1.54) is 17.9 Å². The number of carbonyl (C=O) groups is 1. The summed E-state index contributed by atoms with van der Waals surface area (Å²) >= 11 is 0. The molecule has 0 radical (unpaired) electrons. The van der Waals surface area contributed by atoms with E-state index in [0.29, 0.717) is 11.0 Å². The minimum atomic E-state index is -4.50. The van der Waals surface area contributed by atoms with Gasteiger partial charge in [0, 0.05) is 13.2 Å². The third-order valence-electron chi connectivity index (χ3n) is 5.73. The lowest BCUT2D eigenvalue weighted by Crippen LogP contribution is -2.43. The normalized spacial score (nSPS) is 24.8. The number of amides is 1. The van der Waals surface area contributed by atoms with Gasteiger partial charge in [0.2, 0.25) is 5.91 Å². The molecule has 7 N–H and O–H groups in total. The first-order valence-corrected chi connectivity index (χ1v) is 12.4. The first-order valence-electron chi connectivity index (χ1n) is 10.8. The van der Waals surface area contributed by atoms with Crippen molar-refractivity contribution >= 4 is 30.5 Å². The molecule has 1 amide bonds. The number of aromatic nitrogens is 3. The number of likely N-dealkylation sites (N-methyl/N-ethyl adjacent to an activating group) is 1. The van der Waals surface area contributed by atoms with E-state index in [4.69, 9.17) is 15.0 Å². The van der Waals surface area contributed by atoms with Crippen molar-refractivity contribution < 1.29 is 33.7 Å². The number of nitrogens with two attached hydrogens (primary N) is 1. The van der Waals surface area contributed by atoms with Crippen LogP contribution in [-0.4, -0.2) is 73.6 Å². The second-order valence-corrected chi connectivity index (χ2v) is 9.62. The highest BCUT2D eigenvalue weighted by Crippen LogP contribution is 2.40. The molecule has 1 aliphatic rings. The summed E-state index contributed by atoms with van der Waals surface area (Å²) in [5, 5.41) is 26.4. The highest BCUT2D eigenvalue weighted by Gasteiger charge is 2.45. The molecule has 35 heavy (non-hydrogen) atoms. The fourth-order valence-corrected chi connectivity index (χ4v) is 4.95. The molecule has 188 valence electrons. The van der Waals surface area contributed by atoms with Crippen LogP contribution in [0.25, 0.3) is 11.0 Å². The van der Waals surface area contributed by atoms with Gasteiger partial charge in [-0.15, -0.1) is 0 Å². The predicted octanol–water partition coefficient (Wildman–Crippen LogP) is -0.303. The van der Waals surface area contributed by atoms with E-state index in [1.807, 2.05) is 6.07 Å². The molecule has 4 rings (SSSR count). The number of fused-ring (bicyclic) bond motifs is 1. The Labute approximate surface area is 200 Å². The number of ether oxygens (including phenoxy) is 1. The maximum atomic E-state index is 12.7. The quantitative estimate of drug-likeness (QED) is 0.209. The number of rotatable bonds is 9. The molecule has 1 saturated heterocycles. The van der Waals surface area contributed by atoms with E-state index < -0.39 is 50.8 Å². The number of nitrogens with one attached hydrogen (secondary N) is 2. The Morgan fingerprint density at radius 1 is 1.26 bits per heavy atom. The Balaban J connectivity index is 1.42. The molecular formula is C21H27N6O7P. The Morgan fingerprint density at radius 2 is 2.00 bits per heavy atom. The third-order valence-corrected chi connectivity index (χ3v) is 6.87. The Hall–Kier alpha value is -2.90. The zero-order valence-electron chi connectivity index (χ0n) is 18.8. The molecule has 3 aromatic rings. The molecule has 1 fully saturated rings. The average molecular weight is 506 g/mol. The lowest BCUT2D eigenvalue weighted by Gasteiger charge is -2.22. The van der Waals surface area contributed by atoms with E-state index in [1.54, 1.807) is 36.5 Å². The molecule has 6 atom stereocenters. The van der Waals surface area contributed by atoms with Crippen LogP contribution in [0.4, 0.5) is 5.82 Å². The highest BCUT2D eigenvalue weighted by atomic mass is 31.2. The first kappa shape index (κ1) is 25.2. The lowest BCUT2D eigenvalue weighted by atomic mass is 10.1. The minimum Gasteiger partial charge on any atom is -0.387 e. The fraction of sp³-hybridized carbons (Fsp3) is 0.381. The van der Waals surface area contributed by atoms with Crippen LogP contribution in [-0.2, 0) is 25.0 Å². The molecule has 2 aromatic heterocycles. The van der Waals surface area contributed by atoms with Crippen molar-refractivity contribution in [2.24, 2.45) is 0 Å². The number of benzene rings is 1. The number of aliphatic hydroxyl groups is 2. The largest absolute Gasteiger partial charge is 0.403 e. The summed E-state index contributed by atoms with van der Waals surface area (Å²) in [7, 11) is -3.09. The molecule has 6 unspecified atom stereocenters. The summed E-state index contributed by atoms with van der Waals surface area (Å²) in [6.07, 6.45) is -2.00. The average Bonchev–Trinajstić information content (AvgIpc) is 3.39. The fourth-order valence-electron chi connectivity index (χ4n) is 3.92. The Bertz CT molecular complexity index is 1230. The Kier molecular flexibility index (Phi) is 7.47. The molecular weight excluding hydrogens is 479 g/mol. The van der Waals surface area contributed by atoms with Crippen LogP contribution in [0.3, 0.4) is 0 Å². The van der Waals surface area contributed by atoms with Gasteiger partial charge in [0.1, 0.15) is 42.1 Å². The number of nitrogen functional groups attached to an aromatic ring is 1. The van der Waals surface area contributed by atoms with Crippen molar-refractivity contribution in [3.8, 4) is 0 Å². The van der Waals surface area contributed by atoms with E-state index >= 15 is 0 Å². The van der Waals surface area contributed by atoms with Crippen molar-refractivity contribution in [1.82, 2.24) is 24.9 Å². The Morgan fingerprint density at radius 3 is 2.71 bits per heavy atom. The first-order chi connectivity index (χ1) is 16.7. The van der Waals surface area contributed by atoms with Gasteiger partial charge in [-0.3, -0.25) is 9.32 Å². The zero-order chi connectivity index (χ0) is 25.2. The van der Waals surface area contributed by atoms with Crippen LogP contribution in [0.2, 0.25) is 0 Å². The number of hydrogen-bond donors (Lipinski definition) is 6. The molecule has 13 nitrogen and oxygen atoms in total. The van der Waals surface area contributed by atoms with Crippen molar-refractivity contribution in [2.75, 3.05) is 19.4 Å². The lowest BCUT2D eigenvalue weighted by molar-refractivity contribution is -0.122. The zero-order valence-corrected chi connectivity index (χ0v) is 19.7. The van der Waals surface area contributed by atoms with Crippen LogP contribution in [0.15, 0.2) is 48.9 Å². The third kappa shape index (κ3) is 5.52.